The lowest BCUT2D eigenvalue weighted by Gasteiger charge is -2.29. The molecule has 1 unspecified atom stereocenters. The fraction of sp³-hybridized carbons (Fsp3) is 0.500. The molecule has 4 rings (SSSR count). The van der Waals surface area contributed by atoms with Crippen molar-refractivity contribution in [1.82, 2.24) is 15.2 Å². The largest absolute Gasteiger partial charge is 0.377 e. The highest BCUT2D eigenvalue weighted by molar-refractivity contribution is 5.86. The van der Waals surface area contributed by atoms with Gasteiger partial charge in [0.15, 0.2) is 0 Å². The van der Waals surface area contributed by atoms with E-state index in [1.165, 1.54) is 5.56 Å². The van der Waals surface area contributed by atoms with Crippen molar-refractivity contribution in [3.63, 3.8) is 0 Å². The Morgan fingerprint density at radius 1 is 1.31 bits per heavy atom. The minimum atomic E-state index is -0.0770. The number of nitrogens with zero attached hydrogens (tertiary/aromatic N) is 1. The first kappa shape index (κ1) is 17.2. The van der Waals surface area contributed by atoms with E-state index in [1.807, 2.05) is 29.2 Å². The van der Waals surface area contributed by atoms with E-state index < -0.39 is 0 Å². The molecule has 1 aromatic carbocycles. The van der Waals surface area contributed by atoms with Crippen molar-refractivity contribution >= 4 is 16.7 Å². The monoisotopic (exact) mass is 355 g/mol. The van der Waals surface area contributed by atoms with Crippen molar-refractivity contribution in [2.24, 2.45) is 0 Å². The normalized spacial score (nSPS) is 19.7. The minimum Gasteiger partial charge on any atom is -0.377 e. The van der Waals surface area contributed by atoms with Gasteiger partial charge in [0.05, 0.1) is 12.6 Å². The Labute approximate surface area is 152 Å². The van der Waals surface area contributed by atoms with Crippen molar-refractivity contribution < 1.29 is 9.53 Å². The summed E-state index contributed by atoms with van der Waals surface area (Å²) in [4.78, 5) is 29.6. The number of fused-ring (bicyclic) bond motifs is 3. The van der Waals surface area contributed by atoms with E-state index in [-0.39, 0.29) is 11.5 Å². The molecule has 2 N–H and O–H groups in total. The highest BCUT2D eigenvalue weighted by atomic mass is 16.5. The second-order valence-corrected chi connectivity index (χ2v) is 7.11. The maximum absolute atomic E-state index is 12.5. The lowest BCUT2D eigenvalue weighted by Crippen LogP contribution is -2.39. The summed E-state index contributed by atoms with van der Waals surface area (Å²) in [6.07, 6.45) is 3.78. The molecular weight excluding hydrogens is 330 g/mol. The Hall–Kier alpha value is -2.18. The van der Waals surface area contributed by atoms with Crippen LogP contribution in [-0.4, -0.2) is 48.1 Å². The third-order valence-corrected chi connectivity index (χ3v) is 5.37. The zero-order valence-electron chi connectivity index (χ0n) is 14.9. The number of aromatic amines is 1. The van der Waals surface area contributed by atoms with Crippen LogP contribution in [0, 0.1) is 0 Å². The molecular formula is C20H25N3O3. The molecule has 0 aliphatic carbocycles. The Morgan fingerprint density at radius 2 is 2.15 bits per heavy atom. The Morgan fingerprint density at radius 3 is 2.96 bits per heavy atom. The number of carbonyl (C=O) groups excluding carboxylic acids is 1. The van der Waals surface area contributed by atoms with Gasteiger partial charge in [-0.1, -0.05) is 18.2 Å². The van der Waals surface area contributed by atoms with Crippen LogP contribution in [-0.2, 0) is 22.5 Å². The molecule has 0 spiro atoms. The van der Waals surface area contributed by atoms with Gasteiger partial charge in [0, 0.05) is 43.7 Å². The molecule has 1 atom stereocenters. The number of H-pyrrole nitrogens is 1. The highest BCUT2D eigenvalue weighted by Gasteiger charge is 2.23. The fourth-order valence-electron chi connectivity index (χ4n) is 3.96. The molecule has 6 nitrogen and oxygen atoms in total. The number of aromatic nitrogens is 1. The van der Waals surface area contributed by atoms with Crippen molar-refractivity contribution in [1.29, 1.82) is 0 Å². The summed E-state index contributed by atoms with van der Waals surface area (Å²) in [6, 6.07) is 7.69. The maximum atomic E-state index is 12.5. The van der Waals surface area contributed by atoms with Crippen LogP contribution in [0.2, 0.25) is 0 Å². The Kier molecular flexibility index (Phi) is 5.04. The molecule has 1 saturated heterocycles. The first-order valence-electron chi connectivity index (χ1n) is 9.45. The Balaban J connectivity index is 1.37. The number of amides is 1. The molecule has 2 aliphatic rings. The molecule has 1 amide bonds. The molecule has 0 saturated carbocycles. The smallest absolute Gasteiger partial charge is 0.256 e. The quantitative estimate of drug-likeness (QED) is 0.799. The van der Waals surface area contributed by atoms with Gasteiger partial charge in [-0.15, -0.1) is 0 Å². The van der Waals surface area contributed by atoms with Crippen LogP contribution >= 0.6 is 0 Å². The number of ether oxygens (including phenoxy) is 1. The van der Waals surface area contributed by atoms with Crippen molar-refractivity contribution in [2.45, 2.75) is 38.3 Å². The average molecular weight is 355 g/mol. The summed E-state index contributed by atoms with van der Waals surface area (Å²) in [5, 5.41) is 5.06. The first-order valence-corrected chi connectivity index (χ1v) is 9.45. The van der Waals surface area contributed by atoms with Crippen molar-refractivity contribution in [3.05, 3.63) is 45.9 Å². The van der Waals surface area contributed by atoms with Crippen LogP contribution in [0.1, 0.15) is 30.5 Å². The molecule has 1 aromatic heterocycles. The standard InChI is InChI=1S/C20H25N3O3/c24-19(7-9-21-12-14-4-3-11-26-14)23-10-8-16-15-5-1-2-6-17(15)20(25)22-18(16)13-23/h1-2,5-6,14,21H,3-4,7-13H2,(H,22,25). The average Bonchev–Trinajstić information content (AvgIpc) is 3.18. The van der Waals surface area contributed by atoms with Gasteiger partial charge in [-0.2, -0.15) is 0 Å². The van der Waals surface area contributed by atoms with Gasteiger partial charge in [0.2, 0.25) is 5.91 Å². The molecule has 1 fully saturated rings. The van der Waals surface area contributed by atoms with Crippen LogP contribution in [0.4, 0.5) is 0 Å². The number of hydrogen-bond acceptors (Lipinski definition) is 4. The van der Waals surface area contributed by atoms with Crippen LogP contribution < -0.4 is 10.9 Å². The molecule has 6 heteroatoms. The van der Waals surface area contributed by atoms with Gasteiger partial charge >= 0.3 is 0 Å². The molecule has 138 valence electrons. The second kappa shape index (κ2) is 7.60. The predicted octanol–water partition coefficient (Wildman–Crippen LogP) is 1.57. The van der Waals surface area contributed by atoms with Gasteiger partial charge in [-0.25, -0.2) is 0 Å². The van der Waals surface area contributed by atoms with E-state index in [9.17, 15) is 9.59 Å². The third kappa shape index (κ3) is 3.52. The van der Waals surface area contributed by atoms with E-state index in [1.54, 1.807) is 0 Å². The van der Waals surface area contributed by atoms with Gasteiger partial charge in [0.25, 0.3) is 5.56 Å². The molecule has 2 aliphatic heterocycles. The second-order valence-electron chi connectivity index (χ2n) is 7.11. The number of nitrogens with one attached hydrogen (secondary N) is 2. The van der Waals surface area contributed by atoms with E-state index in [0.717, 1.165) is 48.9 Å². The molecule has 3 heterocycles. The molecule has 26 heavy (non-hydrogen) atoms. The number of pyridine rings is 1. The SMILES string of the molecule is O=C(CCNCC1CCCO1)N1CCc2c([nH]c(=O)c3ccccc23)C1. The van der Waals surface area contributed by atoms with Crippen molar-refractivity contribution in [2.75, 3.05) is 26.2 Å². The van der Waals surface area contributed by atoms with Gasteiger partial charge in [-0.3, -0.25) is 9.59 Å². The number of hydrogen-bond donors (Lipinski definition) is 2. The first-order chi connectivity index (χ1) is 12.7. The van der Waals surface area contributed by atoms with Gasteiger partial charge < -0.3 is 19.9 Å². The summed E-state index contributed by atoms with van der Waals surface area (Å²) < 4.78 is 5.57. The van der Waals surface area contributed by atoms with Gasteiger partial charge in [0.1, 0.15) is 0 Å². The maximum Gasteiger partial charge on any atom is 0.256 e. The topological polar surface area (TPSA) is 74.4 Å². The molecule has 2 aromatic rings. The zero-order chi connectivity index (χ0) is 17.9. The third-order valence-electron chi connectivity index (χ3n) is 5.37. The lowest BCUT2D eigenvalue weighted by molar-refractivity contribution is -0.132. The molecule has 0 radical (unpaired) electrons. The van der Waals surface area contributed by atoms with Crippen LogP contribution in [0.3, 0.4) is 0 Å². The zero-order valence-corrected chi connectivity index (χ0v) is 14.9. The van der Waals surface area contributed by atoms with E-state index in [4.69, 9.17) is 4.74 Å². The number of benzene rings is 1. The fourth-order valence-corrected chi connectivity index (χ4v) is 3.96. The van der Waals surface area contributed by atoms with Crippen LogP contribution in [0.25, 0.3) is 10.8 Å². The molecule has 0 bridgehead atoms. The highest BCUT2D eigenvalue weighted by Crippen LogP contribution is 2.24. The summed E-state index contributed by atoms with van der Waals surface area (Å²) in [7, 11) is 0. The van der Waals surface area contributed by atoms with E-state index in [2.05, 4.69) is 10.3 Å². The Bertz CT molecular complexity index is 855. The summed E-state index contributed by atoms with van der Waals surface area (Å²) >= 11 is 0. The summed E-state index contributed by atoms with van der Waals surface area (Å²) in [5.41, 5.74) is 1.97. The predicted molar refractivity (Wildman–Crippen MR) is 100 cm³/mol. The van der Waals surface area contributed by atoms with E-state index in [0.29, 0.717) is 32.2 Å². The van der Waals surface area contributed by atoms with Gasteiger partial charge in [-0.05, 0) is 36.3 Å². The number of carbonyl (C=O) groups is 1. The minimum absolute atomic E-state index is 0.0770. The van der Waals surface area contributed by atoms with E-state index >= 15 is 0 Å². The number of rotatable bonds is 5. The van der Waals surface area contributed by atoms with Crippen molar-refractivity contribution in [3.8, 4) is 0 Å². The summed E-state index contributed by atoms with van der Waals surface area (Å²) in [5.74, 6) is 0.129. The summed E-state index contributed by atoms with van der Waals surface area (Å²) in [6.45, 7) is 3.52. The van der Waals surface area contributed by atoms with Crippen LogP contribution in [0.15, 0.2) is 29.1 Å². The lowest BCUT2D eigenvalue weighted by atomic mass is 9.98. The van der Waals surface area contributed by atoms with Crippen LogP contribution in [0.5, 0.6) is 0 Å².